The lowest BCUT2D eigenvalue weighted by atomic mass is 10.1. The number of rotatable bonds is 3. The Hall–Kier alpha value is -3.81. The summed E-state index contributed by atoms with van der Waals surface area (Å²) in [5.41, 5.74) is 3.06. The van der Waals surface area contributed by atoms with Crippen molar-refractivity contribution in [3.05, 3.63) is 79.0 Å². The molecule has 0 spiro atoms. The number of fused-ring (bicyclic) bond motifs is 1. The smallest absolute Gasteiger partial charge is 0.165 e. The van der Waals surface area contributed by atoms with E-state index in [1.807, 2.05) is 13.2 Å². The summed E-state index contributed by atoms with van der Waals surface area (Å²) < 4.78 is 33.1. The van der Waals surface area contributed by atoms with Crippen LogP contribution in [0.15, 0.2) is 67.4 Å². The molecule has 138 valence electrons. The average Bonchev–Trinajstić information content (AvgIpc) is 3.42. The zero-order valence-corrected chi connectivity index (χ0v) is 14.8. The fourth-order valence-corrected chi connectivity index (χ4v) is 3.25. The van der Waals surface area contributed by atoms with Gasteiger partial charge in [0.05, 0.1) is 18.1 Å². The second kappa shape index (κ2) is 6.12. The van der Waals surface area contributed by atoms with Gasteiger partial charge >= 0.3 is 0 Å². The zero-order valence-electron chi connectivity index (χ0n) is 14.8. The van der Waals surface area contributed by atoms with Gasteiger partial charge in [-0.15, -0.1) is 0 Å². The van der Waals surface area contributed by atoms with Crippen molar-refractivity contribution in [3.8, 4) is 28.2 Å². The van der Waals surface area contributed by atoms with Crippen LogP contribution in [0.4, 0.5) is 8.78 Å². The molecule has 4 aromatic heterocycles. The third-order valence-corrected chi connectivity index (χ3v) is 4.57. The van der Waals surface area contributed by atoms with E-state index in [0.29, 0.717) is 17.2 Å². The first kappa shape index (κ1) is 16.4. The molecule has 0 N–H and O–H groups in total. The molecular weight excluding hydrogens is 362 g/mol. The number of aryl methyl sites for hydroxylation is 1. The maximum atomic E-state index is 14.3. The SMILES string of the molecule is Cn1cc(-c2cnn3ccc(-n4cccc4-c4cc(F)ccc4F)nc23)cn1. The minimum absolute atomic E-state index is 0.174. The number of halogens is 2. The van der Waals surface area contributed by atoms with E-state index in [2.05, 4.69) is 10.2 Å². The number of hydrogen-bond acceptors (Lipinski definition) is 3. The first-order chi connectivity index (χ1) is 13.6. The summed E-state index contributed by atoms with van der Waals surface area (Å²) in [6.45, 7) is 0. The van der Waals surface area contributed by atoms with Crippen molar-refractivity contribution in [2.24, 2.45) is 7.05 Å². The molecule has 5 aromatic rings. The molecule has 0 amide bonds. The highest BCUT2D eigenvalue weighted by atomic mass is 19.1. The highest BCUT2D eigenvalue weighted by molar-refractivity contribution is 5.76. The quantitative estimate of drug-likeness (QED) is 0.480. The molecule has 28 heavy (non-hydrogen) atoms. The third-order valence-electron chi connectivity index (χ3n) is 4.57. The minimum Gasteiger partial charge on any atom is -0.301 e. The molecule has 0 atom stereocenters. The number of hydrogen-bond donors (Lipinski definition) is 0. The van der Waals surface area contributed by atoms with Crippen LogP contribution in [0.5, 0.6) is 0 Å². The molecule has 8 heteroatoms. The second-order valence-corrected chi connectivity index (χ2v) is 6.40. The van der Waals surface area contributed by atoms with Crippen LogP contribution in [0.3, 0.4) is 0 Å². The first-order valence-electron chi connectivity index (χ1n) is 8.57. The largest absolute Gasteiger partial charge is 0.301 e. The van der Waals surface area contributed by atoms with Crippen LogP contribution in [0, 0.1) is 11.6 Å². The van der Waals surface area contributed by atoms with Crippen molar-refractivity contribution in [3.63, 3.8) is 0 Å². The fourth-order valence-electron chi connectivity index (χ4n) is 3.25. The lowest BCUT2D eigenvalue weighted by Gasteiger charge is -2.10. The lowest BCUT2D eigenvalue weighted by molar-refractivity contribution is 0.602. The Morgan fingerprint density at radius 2 is 1.82 bits per heavy atom. The Balaban J connectivity index is 1.67. The molecule has 0 unspecified atom stereocenters. The maximum Gasteiger partial charge on any atom is 0.165 e. The number of nitrogens with zero attached hydrogens (tertiary/aromatic N) is 6. The van der Waals surface area contributed by atoms with E-state index in [-0.39, 0.29) is 5.56 Å². The highest BCUT2D eigenvalue weighted by Crippen LogP contribution is 2.28. The van der Waals surface area contributed by atoms with E-state index in [0.717, 1.165) is 23.3 Å². The van der Waals surface area contributed by atoms with Gasteiger partial charge < -0.3 is 4.57 Å². The molecule has 0 bridgehead atoms. The van der Waals surface area contributed by atoms with Crippen LogP contribution in [-0.4, -0.2) is 28.9 Å². The van der Waals surface area contributed by atoms with E-state index in [1.54, 1.807) is 56.8 Å². The van der Waals surface area contributed by atoms with Crippen molar-refractivity contribution < 1.29 is 8.78 Å². The van der Waals surface area contributed by atoms with Crippen LogP contribution in [0.25, 0.3) is 33.8 Å². The fraction of sp³-hybridized carbons (Fsp3) is 0.0500. The van der Waals surface area contributed by atoms with Gasteiger partial charge in [-0.1, -0.05) is 0 Å². The van der Waals surface area contributed by atoms with Gasteiger partial charge in [-0.2, -0.15) is 10.2 Å². The van der Waals surface area contributed by atoms with Gasteiger partial charge in [0, 0.05) is 42.3 Å². The van der Waals surface area contributed by atoms with Crippen LogP contribution in [-0.2, 0) is 7.05 Å². The van der Waals surface area contributed by atoms with E-state index < -0.39 is 11.6 Å². The molecule has 0 fully saturated rings. The normalized spacial score (nSPS) is 11.4. The summed E-state index contributed by atoms with van der Waals surface area (Å²) in [5.74, 6) is -0.424. The first-order valence-corrected chi connectivity index (χ1v) is 8.57. The molecule has 0 aliphatic heterocycles. The Bertz CT molecular complexity index is 1310. The number of benzene rings is 1. The second-order valence-electron chi connectivity index (χ2n) is 6.40. The summed E-state index contributed by atoms with van der Waals surface area (Å²) in [7, 11) is 1.84. The Labute approximate surface area is 158 Å². The molecule has 0 saturated carbocycles. The molecular formula is C20H14F2N6. The Kier molecular flexibility index (Phi) is 3.58. The summed E-state index contributed by atoms with van der Waals surface area (Å²) in [4.78, 5) is 4.71. The van der Waals surface area contributed by atoms with Gasteiger partial charge in [-0.3, -0.25) is 4.68 Å². The summed E-state index contributed by atoms with van der Waals surface area (Å²) in [6, 6.07) is 8.67. The van der Waals surface area contributed by atoms with E-state index in [9.17, 15) is 8.78 Å². The lowest BCUT2D eigenvalue weighted by Crippen LogP contribution is -2.02. The Morgan fingerprint density at radius 3 is 2.64 bits per heavy atom. The minimum atomic E-state index is -0.498. The Morgan fingerprint density at radius 1 is 0.929 bits per heavy atom. The van der Waals surface area contributed by atoms with Crippen molar-refractivity contribution >= 4 is 5.65 Å². The van der Waals surface area contributed by atoms with E-state index in [4.69, 9.17) is 4.98 Å². The third kappa shape index (κ3) is 2.58. The zero-order chi connectivity index (χ0) is 19.3. The van der Waals surface area contributed by atoms with Crippen molar-refractivity contribution in [2.45, 2.75) is 0 Å². The van der Waals surface area contributed by atoms with Crippen molar-refractivity contribution in [1.29, 1.82) is 0 Å². The molecule has 0 aliphatic rings. The van der Waals surface area contributed by atoms with Crippen LogP contribution in [0.1, 0.15) is 0 Å². The van der Waals surface area contributed by atoms with E-state index in [1.165, 1.54) is 6.07 Å². The predicted octanol–water partition coefficient (Wildman–Crippen LogP) is 3.87. The molecule has 0 radical (unpaired) electrons. The molecule has 0 saturated heterocycles. The van der Waals surface area contributed by atoms with Gasteiger partial charge in [-0.05, 0) is 36.4 Å². The summed E-state index contributed by atoms with van der Waals surface area (Å²) in [5, 5.41) is 8.52. The molecule has 6 nitrogen and oxygen atoms in total. The monoisotopic (exact) mass is 376 g/mol. The molecule has 1 aromatic carbocycles. The van der Waals surface area contributed by atoms with Crippen LogP contribution >= 0.6 is 0 Å². The van der Waals surface area contributed by atoms with Crippen molar-refractivity contribution in [2.75, 3.05) is 0 Å². The van der Waals surface area contributed by atoms with Crippen LogP contribution in [0.2, 0.25) is 0 Å². The maximum absolute atomic E-state index is 14.3. The number of aromatic nitrogens is 6. The van der Waals surface area contributed by atoms with Gasteiger partial charge in [-0.25, -0.2) is 18.3 Å². The standard InChI is InChI=1S/C20H14F2N6/c1-26-12-13(10-23-26)16-11-24-28-8-6-19(25-20(16)28)27-7-2-3-18(27)15-9-14(21)4-5-17(15)22/h2-12H,1H3. The molecule has 5 rings (SSSR count). The summed E-state index contributed by atoms with van der Waals surface area (Å²) >= 11 is 0. The predicted molar refractivity (Wildman–Crippen MR) is 99.9 cm³/mol. The topological polar surface area (TPSA) is 52.9 Å². The van der Waals surface area contributed by atoms with Gasteiger partial charge in [0.15, 0.2) is 5.65 Å². The van der Waals surface area contributed by atoms with Crippen LogP contribution < -0.4 is 0 Å². The average molecular weight is 376 g/mol. The van der Waals surface area contributed by atoms with Crippen molar-refractivity contribution in [1.82, 2.24) is 28.9 Å². The molecule has 4 heterocycles. The van der Waals surface area contributed by atoms with Gasteiger partial charge in [0.2, 0.25) is 0 Å². The summed E-state index contributed by atoms with van der Waals surface area (Å²) in [6.07, 6.45) is 8.90. The highest BCUT2D eigenvalue weighted by Gasteiger charge is 2.15. The molecule has 0 aliphatic carbocycles. The van der Waals surface area contributed by atoms with Gasteiger partial charge in [0.1, 0.15) is 17.5 Å². The van der Waals surface area contributed by atoms with Gasteiger partial charge in [0.25, 0.3) is 0 Å². The van der Waals surface area contributed by atoms with E-state index >= 15 is 0 Å².